The van der Waals surface area contributed by atoms with Crippen molar-refractivity contribution in [1.82, 2.24) is 19.6 Å². The van der Waals surface area contributed by atoms with Crippen LogP contribution in [0.5, 0.6) is 0 Å². The van der Waals surface area contributed by atoms with Crippen molar-refractivity contribution in [2.45, 2.75) is 12.8 Å². The van der Waals surface area contributed by atoms with Gasteiger partial charge in [0.2, 0.25) is 0 Å². The molecule has 0 saturated carbocycles. The SMILES string of the molecule is Cn1cc(NC(=O)N2CCC[C@H](CN3CCOCC3)C2)cn1. The number of amides is 2. The lowest BCUT2D eigenvalue weighted by atomic mass is 9.97. The minimum atomic E-state index is -0.0142. The first-order chi connectivity index (χ1) is 10.7. The number of aryl methyl sites for hydroxylation is 1. The van der Waals surface area contributed by atoms with E-state index < -0.39 is 0 Å². The maximum atomic E-state index is 12.4. The zero-order valence-electron chi connectivity index (χ0n) is 13.2. The summed E-state index contributed by atoms with van der Waals surface area (Å²) in [5.74, 6) is 0.562. The topological polar surface area (TPSA) is 62.6 Å². The molecule has 2 amide bonds. The van der Waals surface area contributed by atoms with Crippen molar-refractivity contribution in [2.24, 2.45) is 13.0 Å². The van der Waals surface area contributed by atoms with Crippen LogP contribution >= 0.6 is 0 Å². The molecule has 2 aliphatic heterocycles. The molecule has 2 aliphatic rings. The third-order valence-corrected chi connectivity index (χ3v) is 4.38. The van der Waals surface area contributed by atoms with Gasteiger partial charge in [0.25, 0.3) is 0 Å². The molecule has 22 heavy (non-hydrogen) atoms. The second-order valence-corrected chi connectivity index (χ2v) is 6.20. The van der Waals surface area contributed by atoms with E-state index in [1.54, 1.807) is 10.9 Å². The van der Waals surface area contributed by atoms with Crippen LogP contribution in [-0.2, 0) is 11.8 Å². The molecule has 0 bridgehead atoms. The van der Waals surface area contributed by atoms with E-state index in [0.717, 1.165) is 58.0 Å². The zero-order valence-corrected chi connectivity index (χ0v) is 13.2. The van der Waals surface area contributed by atoms with E-state index in [2.05, 4.69) is 15.3 Å². The van der Waals surface area contributed by atoms with Crippen molar-refractivity contribution in [3.05, 3.63) is 12.4 Å². The van der Waals surface area contributed by atoms with Crippen LogP contribution in [0.4, 0.5) is 10.5 Å². The first-order valence-electron chi connectivity index (χ1n) is 8.05. The second kappa shape index (κ2) is 7.11. The largest absolute Gasteiger partial charge is 0.379 e. The molecule has 3 rings (SSSR count). The fourth-order valence-corrected chi connectivity index (χ4v) is 3.24. The number of ether oxygens (including phenoxy) is 1. The second-order valence-electron chi connectivity index (χ2n) is 6.20. The number of nitrogens with one attached hydrogen (secondary N) is 1. The Morgan fingerprint density at radius 2 is 2.23 bits per heavy atom. The molecule has 2 fully saturated rings. The minimum Gasteiger partial charge on any atom is -0.379 e. The summed E-state index contributed by atoms with van der Waals surface area (Å²) in [6, 6.07) is -0.0142. The monoisotopic (exact) mass is 307 g/mol. The summed E-state index contributed by atoms with van der Waals surface area (Å²) >= 11 is 0. The average Bonchev–Trinajstić information content (AvgIpc) is 2.93. The number of hydrogen-bond donors (Lipinski definition) is 1. The molecule has 0 unspecified atom stereocenters. The maximum absolute atomic E-state index is 12.4. The van der Waals surface area contributed by atoms with Gasteiger partial charge in [0.1, 0.15) is 0 Å². The summed E-state index contributed by atoms with van der Waals surface area (Å²) in [6.45, 7) is 6.43. The molecule has 1 aromatic heterocycles. The lowest BCUT2D eigenvalue weighted by Gasteiger charge is -2.36. The minimum absolute atomic E-state index is 0.0142. The fourth-order valence-electron chi connectivity index (χ4n) is 3.24. The van der Waals surface area contributed by atoms with Crippen LogP contribution in [0, 0.1) is 5.92 Å². The van der Waals surface area contributed by atoms with Crippen molar-refractivity contribution in [3.63, 3.8) is 0 Å². The average molecular weight is 307 g/mol. The molecule has 3 heterocycles. The summed E-state index contributed by atoms with van der Waals surface area (Å²) in [4.78, 5) is 16.7. The van der Waals surface area contributed by atoms with E-state index in [4.69, 9.17) is 4.74 Å². The number of carbonyl (C=O) groups is 1. The Morgan fingerprint density at radius 3 is 2.95 bits per heavy atom. The predicted octanol–water partition coefficient (Wildman–Crippen LogP) is 0.996. The maximum Gasteiger partial charge on any atom is 0.321 e. The van der Waals surface area contributed by atoms with E-state index in [1.807, 2.05) is 18.1 Å². The smallest absolute Gasteiger partial charge is 0.321 e. The van der Waals surface area contributed by atoms with Gasteiger partial charge >= 0.3 is 6.03 Å². The Labute approximate surface area is 131 Å². The normalized spacial score (nSPS) is 23.5. The van der Waals surface area contributed by atoms with Crippen LogP contribution in [0.25, 0.3) is 0 Å². The van der Waals surface area contributed by atoms with Gasteiger partial charge in [-0.2, -0.15) is 5.10 Å². The third kappa shape index (κ3) is 3.98. The summed E-state index contributed by atoms with van der Waals surface area (Å²) in [5.41, 5.74) is 0.753. The molecule has 0 spiro atoms. The van der Waals surface area contributed by atoms with Gasteiger partial charge in [0.05, 0.1) is 25.1 Å². The molecule has 1 N–H and O–H groups in total. The highest BCUT2D eigenvalue weighted by molar-refractivity contribution is 5.89. The zero-order chi connectivity index (χ0) is 15.4. The molecule has 2 saturated heterocycles. The number of aromatic nitrogens is 2. The van der Waals surface area contributed by atoms with Gasteiger partial charge in [-0.05, 0) is 18.8 Å². The van der Waals surface area contributed by atoms with Gasteiger partial charge in [-0.1, -0.05) is 0 Å². The van der Waals surface area contributed by atoms with Crippen LogP contribution in [0.2, 0.25) is 0 Å². The molecule has 1 atom stereocenters. The number of rotatable bonds is 3. The van der Waals surface area contributed by atoms with Crippen molar-refractivity contribution in [3.8, 4) is 0 Å². The lowest BCUT2D eigenvalue weighted by molar-refractivity contribution is 0.0252. The first kappa shape index (κ1) is 15.3. The van der Waals surface area contributed by atoms with Gasteiger partial charge in [-0.25, -0.2) is 4.79 Å². The predicted molar refractivity (Wildman–Crippen MR) is 83.8 cm³/mol. The van der Waals surface area contributed by atoms with E-state index >= 15 is 0 Å². The number of hydrogen-bond acceptors (Lipinski definition) is 4. The van der Waals surface area contributed by atoms with E-state index in [9.17, 15) is 4.79 Å². The van der Waals surface area contributed by atoms with Crippen molar-refractivity contribution < 1.29 is 9.53 Å². The number of likely N-dealkylation sites (tertiary alicyclic amines) is 1. The lowest BCUT2D eigenvalue weighted by Crippen LogP contribution is -2.47. The van der Waals surface area contributed by atoms with E-state index in [-0.39, 0.29) is 6.03 Å². The molecular formula is C15H25N5O2. The fraction of sp³-hybridized carbons (Fsp3) is 0.733. The summed E-state index contributed by atoms with van der Waals surface area (Å²) < 4.78 is 7.08. The Balaban J connectivity index is 1.49. The quantitative estimate of drug-likeness (QED) is 0.905. The van der Waals surface area contributed by atoms with Gasteiger partial charge in [0, 0.05) is 46.0 Å². The Kier molecular flexibility index (Phi) is 4.94. The molecule has 0 aromatic carbocycles. The van der Waals surface area contributed by atoms with Crippen LogP contribution < -0.4 is 5.32 Å². The molecule has 7 heteroatoms. The van der Waals surface area contributed by atoms with Gasteiger partial charge in [-0.3, -0.25) is 9.58 Å². The Morgan fingerprint density at radius 1 is 1.41 bits per heavy atom. The molecule has 1 aromatic rings. The summed E-state index contributed by atoms with van der Waals surface area (Å²) in [5, 5.41) is 7.00. The number of nitrogens with zero attached hydrogens (tertiary/aromatic N) is 4. The first-order valence-corrected chi connectivity index (χ1v) is 8.05. The summed E-state index contributed by atoms with van der Waals surface area (Å²) in [7, 11) is 1.84. The molecular weight excluding hydrogens is 282 g/mol. The van der Waals surface area contributed by atoms with Gasteiger partial charge in [0.15, 0.2) is 0 Å². The highest BCUT2D eigenvalue weighted by atomic mass is 16.5. The van der Waals surface area contributed by atoms with Crippen molar-refractivity contribution in [1.29, 1.82) is 0 Å². The van der Waals surface area contributed by atoms with Crippen molar-refractivity contribution in [2.75, 3.05) is 51.3 Å². The Hall–Kier alpha value is -1.60. The number of carbonyl (C=O) groups excluding carboxylic acids is 1. The number of anilines is 1. The molecule has 0 aliphatic carbocycles. The molecule has 7 nitrogen and oxygen atoms in total. The van der Waals surface area contributed by atoms with Crippen LogP contribution in [0.3, 0.4) is 0 Å². The van der Waals surface area contributed by atoms with Gasteiger partial charge in [-0.15, -0.1) is 0 Å². The van der Waals surface area contributed by atoms with Crippen molar-refractivity contribution >= 4 is 11.7 Å². The van der Waals surface area contributed by atoms with E-state index in [0.29, 0.717) is 5.92 Å². The summed E-state index contributed by atoms with van der Waals surface area (Å²) in [6.07, 6.45) is 5.77. The highest BCUT2D eigenvalue weighted by Gasteiger charge is 2.26. The van der Waals surface area contributed by atoms with E-state index in [1.165, 1.54) is 6.42 Å². The number of morpholine rings is 1. The molecule has 122 valence electrons. The number of piperidine rings is 1. The standard InChI is InChI=1S/C15H25N5O2/c1-18-12-14(9-16-18)17-15(21)20-4-2-3-13(11-20)10-19-5-7-22-8-6-19/h9,12-13H,2-8,10-11H2,1H3,(H,17,21)/t13-/m1/s1. The van der Waals surface area contributed by atoms with Crippen LogP contribution in [-0.4, -0.2) is 71.5 Å². The van der Waals surface area contributed by atoms with Crippen LogP contribution in [0.1, 0.15) is 12.8 Å². The molecule has 0 radical (unpaired) electrons. The third-order valence-electron chi connectivity index (χ3n) is 4.38. The Bertz CT molecular complexity index is 498. The van der Waals surface area contributed by atoms with Gasteiger partial charge < -0.3 is 15.0 Å². The van der Waals surface area contributed by atoms with Crippen LogP contribution in [0.15, 0.2) is 12.4 Å². The number of urea groups is 1. The highest BCUT2D eigenvalue weighted by Crippen LogP contribution is 2.19.